The maximum atomic E-state index is 14.8. The SMILES string of the molecule is O=C(O)Cc1ccc(Nc2nc(N3CC=C(c4ccc(Cl)cn4)CC3)nc3c2S(=O)(=O)CCC3)c(F)c1. The molecule has 0 saturated heterocycles. The quantitative estimate of drug-likeness (QED) is 0.473. The molecule has 192 valence electrons. The first-order valence-corrected chi connectivity index (χ1v) is 13.7. The van der Waals surface area contributed by atoms with E-state index in [2.05, 4.69) is 20.3 Å². The van der Waals surface area contributed by atoms with Crippen LogP contribution in [0.25, 0.3) is 5.57 Å². The zero-order chi connectivity index (χ0) is 26.2. The molecule has 2 aromatic heterocycles. The molecule has 37 heavy (non-hydrogen) atoms. The average Bonchev–Trinajstić information content (AvgIpc) is 2.85. The van der Waals surface area contributed by atoms with Crippen LogP contribution in [0, 0.1) is 5.82 Å². The van der Waals surface area contributed by atoms with Crippen LogP contribution in [0.3, 0.4) is 0 Å². The maximum Gasteiger partial charge on any atom is 0.307 e. The molecule has 9 nitrogen and oxygen atoms in total. The molecule has 2 aliphatic rings. The number of benzene rings is 1. The fourth-order valence-electron chi connectivity index (χ4n) is 4.46. The Morgan fingerprint density at radius 1 is 1.19 bits per heavy atom. The lowest BCUT2D eigenvalue weighted by Crippen LogP contribution is -2.31. The summed E-state index contributed by atoms with van der Waals surface area (Å²) in [5.74, 6) is -1.46. The lowest BCUT2D eigenvalue weighted by atomic mass is 10.0. The van der Waals surface area contributed by atoms with Gasteiger partial charge in [0.1, 0.15) is 10.7 Å². The Morgan fingerprint density at radius 3 is 2.70 bits per heavy atom. The Bertz CT molecular complexity index is 1510. The number of hydrogen-bond donors (Lipinski definition) is 2. The number of fused-ring (bicyclic) bond motifs is 1. The second-order valence-corrected chi connectivity index (χ2v) is 11.3. The molecule has 0 saturated carbocycles. The zero-order valence-corrected chi connectivity index (χ0v) is 21.2. The van der Waals surface area contributed by atoms with Crippen LogP contribution in [-0.4, -0.2) is 53.3 Å². The van der Waals surface area contributed by atoms with E-state index >= 15 is 0 Å². The van der Waals surface area contributed by atoms with Crippen LogP contribution in [0.1, 0.15) is 29.8 Å². The molecule has 0 atom stereocenters. The lowest BCUT2D eigenvalue weighted by molar-refractivity contribution is -0.136. The zero-order valence-electron chi connectivity index (χ0n) is 19.6. The van der Waals surface area contributed by atoms with Crippen LogP contribution in [-0.2, 0) is 27.5 Å². The van der Waals surface area contributed by atoms with Gasteiger partial charge in [0.2, 0.25) is 5.95 Å². The Kier molecular flexibility index (Phi) is 6.82. The molecule has 12 heteroatoms. The van der Waals surface area contributed by atoms with Gasteiger partial charge in [0.25, 0.3) is 0 Å². The van der Waals surface area contributed by atoms with Crippen LogP contribution in [0.4, 0.5) is 21.8 Å². The fourth-order valence-corrected chi connectivity index (χ4v) is 6.20. The summed E-state index contributed by atoms with van der Waals surface area (Å²) in [7, 11) is -3.66. The number of anilines is 3. The number of pyridine rings is 1. The summed E-state index contributed by atoms with van der Waals surface area (Å²) in [4.78, 5) is 26.3. The number of aromatic nitrogens is 3. The number of carboxylic acids is 1. The summed E-state index contributed by atoms with van der Waals surface area (Å²) in [6.07, 6.45) is 4.87. The van der Waals surface area contributed by atoms with E-state index in [0.29, 0.717) is 54.6 Å². The average molecular weight is 544 g/mol. The van der Waals surface area contributed by atoms with E-state index in [0.717, 1.165) is 17.3 Å². The molecule has 0 radical (unpaired) electrons. The minimum absolute atomic E-state index is 0.00333. The summed E-state index contributed by atoms with van der Waals surface area (Å²) in [6, 6.07) is 7.62. The van der Waals surface area contributed by atoms with Crippen molar-refractivity contribution in [2.45, 2.75) is 30.6 Å². The van der Waals surface area contributed by atoms with Crippen molar-refractivity contribution in [3.05, 3.63) is 70.4 Å². The first-order valence-electron chi connectivity index (χ1n) is 11.7. The number of sulfone groups is 1. The molecule has 2 N–H and O–H groups in total. The van der Waals surface area contributed by atoms with Gasteiger partial charge in [-0.05, 0) is 54.7 Å². The van der Waals surface area contributed by atoms with Crippen LogP contribution in [0.15, 0.2) is 47.5 Å². The molecule has 0 bridgehead atoms. The van der Waals surface area contributed by atoms with Gasteiger partial charge in [-0.3, -0.25) is 9.78 Å². The largest absolute Gasteiger partial charge is 0.481 e. The van der Waals surface area contributed by atoms with E-state index < -0.39 is 21.6 Å². The van der Waals surface area contributed by atoms with Gasteiger partial charge in [-0.2, -0.15) is 4.98 Å². The highest BCUT2D eigenvalue weighted by Crippen LogP contribution is 2.34. The molecular formula is C25H23ClFN5O4S. The van der Waals surface area contributed by atoms with Crippen molar-refractivity contribution >= 4 is 50.4 Å². The minimum atomic E-state index is -3.66. The topological polar surface area (TPSA) is 125 Å². The standard InChI is InChI=1S/C25H23ClFN5O4S/c26-17-4-6-19(28-14-17)16-7-9-32(10-8-16)25-30-21-2-1-11-37(35,36)23(21)24(31-25)29-20-5-3-15(12-18(20)27)13-22(33)34/h3-7,12,14H,1-2,8-11,13H2,(H,33,34)(H,29,30,31). The van der Waals surface area contributed by atoms with E-state index in [1.165, 1.54) is 12.1 Å². The van der Waals surface area contributed by atoms with Crippen molar-refractivity contribution in [2.75, 3.05) is 29.1 Å². The molecule has 3 aromatic rings. The smallest absolute Gasteiger partial charge is 0.307 e. The van der Waals surface area contributed by atoms with E-state index in [4.69, 9.17) is 16.7 Å². The van der Waals surface area contributed by atoms with Gasteiger partial charge in [-0.15, -0.1) is 0 Å². The van der Waals surface area contributed by atoms with Crippen LogP contribution >= 0.6 is 11.6 Å². The molecular weight excluding hydrogens is 521 g/mol. The number of hydrogen-bond acceptors (Lipinski definition) is 8. The Hall–Kier alpha value is -3.57. The van der Waals surface area contributed by atoms with Gasteiger partial charge in [0.15, 0.2) is 15.7 Å². The van der Waals surface area contributed by atoms with E-state index in [1.54, 1.807) is 12.3 Å². The maximum absolute atomic E-state index is 14.8. The van der Waals surface area contributed by atoms with Gasteiger partial charge >= 0.3 is 5.97 Å². The van der Waals surface area contributed by atoms with Gasteiger partial charge in [-0.25, -0.2) is 17.8 Å². The number of carboxylic acid groups (broad SMARTS) is 1. The van der Waals surface area contributed by atoms with Crippen molar-refractivity contribution in [3.63, 3.8) is 0 Å². The molecule has 0 amide bonds. The molecule has 5 rings (SSSR count). The summed E-state index contributed by atoms with van der Waals surface area (Å²) in [5, 5.41) is 12.4. The Labute approximate surface area is 218 Å². The van der Waals surface area contributed by atoms with Crippen molar-refractivity contribution in [2.24, 2.45) is 0 Å². The van der Waals surface area contributed by atoms with Crippen molar-refractivity contribution in [1.29, 1.82) is 0 Å². The number of nitrogens with one attached hydrogen (secondary N) is 1. The Balaban J connectivity index is 1.48. The molecule has 0 spiro atoms. The first-order chi connectivity index (χ1) is 17.7. The fraction of sp³-hybridized carbons (Fsp3) is 0.280. The van der Waals surface area contributed by atoms with E-state index in [-0.39, 0.29) is 28.6 Å². The lowest BCUT2D eigenvalue weighted by Gasteiger charge is -2.28. The highest BCUT2D eigenvalue weighted by Gasteiger charge is 2.31. The van der Waals surface area contributed by atoms with Crippen molar-refractivity contribution in [3.8, 4) is 0 Å². The molecule has 0 unspecified atom stereocenters. The number of nitrogens with zero attached hydrogens (tertiary/aromatic N) is 4. The second-order valence-electron chi connectivity index (χ2n) is 8.87. The predicted octanol–water partition coefficient (Wildman–Crippen LogP) is 4.05. The number of halogens is 2. The molecule has 0 fully saturated rings. The van der Waals surface area contributed by atoms with Crippen molar-refractivity contribution in [1.82, 2.24) is 15.0 Å². The number of aliphatic carboxylic acids is 1. The third-order valence-corrected chi connectivity index (χ3v) is 8.35. The van der Waals surface area contributed by atoms with Gasteiger partial charge in [-0.1, -0.05) is 23.7 Å². The van der Waals surface area contributed by atoms with E-state index in [1.807, 2.05) is 17.0 Å². The summed E-state index contributed by atoms with van der Waals surface area (Å²) in [6.45, 7) is 1.07. The predicted molar refractivity (Wildman–Crippen MR) is 137 cm³/mol. The molecule has 0 aliphatic carbocycles. The second kappa shape index (κ2) is 10.1. The normalized spacial score (nSPS) is 16.6. The van der Waals surface area contributed by atoms with Crippen LogP contribution in [0.2, 0.25) is 5.02 Å². The summed E-state index contributed by atoms with van der Waals surface area (Å²) in [5.41, 5.74) is 2.59. The minimum Gasteiger partial charge on any atom is -0.481 e. The molecule has 4 heterocycles. The van der Waals surface area contributed by atoms with Gasteiger partial charge in [0.05, 0.1) is 34.3 Å². The first kappa shape index (κ1) is 25.1. The number of aryl methyl sites for hydroxylation is 1. The highest BCUT2D eigenvalue weighted by molar-refractivity contribution is 7.91. The van der Waals surface area contributed by atoms with Crippen molar-refractivity contribution < 1.29 is 22.7 Å². The van der Waals surface area contributed by atoms with Crippen LogP contribution < -0.4 is 10.2 Å². The number of carbonyl (C=O) groups is 1. The third kappa shape index (κ3) is 5.42. The molecule has 2 aliphatic heterocycles. The van der Waals surface area contributed by atoms with Gasteiger partial charge < -0.3 is 15.3 Å². The third-order valence-electron chi connectivity index (χ3n) is 6.25. The molecule has 1 aromatic carbocycles. The Morgan fingerprint density at radius 2 is 2.03 bits per heavy atom. The summed E-state index contributed by atoms with van der Waals surface area (Å²) >= 11 is 5.94. The number of rotatable bonds is 6. The van der Waals surface area contributed by atoms with Gasteiger partial charge in [0, 0.05) is 19.3 Å². The highest BCUT2D eigenvalue weighted by atomic mass is 35.5. The monoisotopic (exact) mass is 543 g/mol. The summed E-state index contributed by atoms with van der Waals surface area (Å²) < 4.78 is 40.7. The van der Waals surface area contributed by atoms with Crippen LogP contribution in [0.5, 0.6) is 0 Å². The van der Waals surface area contributed by atoms with E-state index in [9.17, 15) is 17.6 Å².